The minimum Gasteiger partial charge on any atom is -0.344 e. The number of rotatable bonds is 7. The average Bonchev–Trinajstić information content (AvgIpc) is 1.54. The van der Waals surface area contributed by atoms with Gasteiger partial charge in [0.05, 0.1) is 27.6 Å². The molecule has 4 aliphatic rings. The van der Waals surface area contributed by atoms with E-state index in [9.17, 15) is 0 Å². The van der Waals surface area contributed by atoms with E-state index in [1.807, 2.05) is 0 Å². The molecule has 0 saturated heterocycles. The van der Waals surface area contributed by atoms with Crippen LogP contribution in [-0.2, 0) is 16.2 Å². The minimum atomic E-state index is -0.651. The van der Waals surface area contributed by atoms with Gasteiger partial charge in [-0.05, 0) is 173 Å². The SMILES string of the molecule is CN1c2ccccc2C(c2ccccc2)(c2ccccc2)c2cccc(-c3cccc4c(-c5cccc6c5-c5ccccc5C65c6ccccc6-c6c5c5ccccc5c5ccccc65)c5cccc(-c6cccc7c6N(C)c6ccccc6C7(c6ccccc6)c6ccccc6)c5cc34)c21. The third kappa shape index (κ3) is 7.50. The van der Waals surface area contributed by atoms with Crippen molar-refractivity contribution in [1.82, 2.24) is 0 Å². The first-order valence-electron chi connectivity index (χ1n) is 35.4. The van der Waals surface area contributed by atoms with Gasteiger partial charge in [-0.15, -0.1) is 0 Å². The Bertz CT molecular complexity index is 5980. The molecule has 101 heavy (non-hydrogen) atoms. The van der Waals surface area contributed by atoms with Crippen molar-refractivity contribution in [3.8, 4) is 55.6 Å². The summed E-state index contributed by atoms with van der Waals surface area (Å²) < 4.78 is 0. The highest BCUT2D eigenvalue weighted by Gasteiger charge is 2.54. The normalized spacial score (nSPS) is 15.4. The van der Waals surface area contributed by atoms with Crippen LogP contribution in [0.15, 0.2) is 364 Å². The van der Waals surface area contributed by atoms with Gasteiger partial charge in [0, 0.05) is 36.6 Å². The third-order valence-corrected chi connectivity index (χ3v) is 23.6. The molecule has 1 unspecified atom stereocenters. The van der Waals surface area contributed by atoms with E-state index in [2.05, 4.69) is 388 Å². The molecule has 17 aromatic rings. The molecular weight excluding hydrogens is 1220 g/mol. The first kappa shape index (κ1) is 57.4. The fourth-order valence-corrected chi connectivity index (χ4v) is 19.9. The molecule has 0 amide bonds. The molecule has 2 aliphatic heterocycles. The van der Waals surface area contributed by atoms with Crippen molar-refractivity contribution in [3.63, 3.8) is 0 Å². The van der Waals surface area contributed by atoms with Crippen LogP contribution in [0, 0.1) is 0 Å². The summed E-state index contributed by atoms with van der Waals surface area (Å²) in [6, 6.07) is 139. The standard InChI is InChI=1S/C99H66N2/c1-100-89-60-25-23-55-84(89)97(63-32-7-3-8-33-63,64-34-9-4-10-35-64)87-58-29-50-75(95(87)100)69-46-27-48-72-80(69)62-81-70(76-51-30-59-88-96(76)101(2)90-61-26-24-56-85(90)98(88,65-36-11-5-12-37-65)66-38-13-6-14-39-66)47-28-49-73(81)91(72)79-52-31-57-86-92(79)77-44-19-21-53-82(77)99(86)83-54-22-20-45-78(83)93-71-42-17-15-40-67(71)68-41-16-18-43-74(68)94(93)99/h3-62H,1-2H3. The second-order valence-electron chi connectivity index (χ2n) is 28.0. The van der Waals surface area contributed by atoms with Crippen molar-refractivity contribution in [2.45, 2.75) is 16.2 Å². The first-order valence-corrected chi connectivity index (χ1v) is 35.4. The van der Waals surface area contributed by atoms with Crippen LogP contribution in [0.1, 0.15) is 66.8 Å². The highest BCUT2D eigenvalue weighted by molar-refractivity contribution is 6.24. The summed E-state index contributed by atoms with van der Waals surface area (Å²) in [5.41, 5.74) is 30.3. The zero-order valence-corrected chi connectivity index (χ0v) is 56.0. The number of fused-ring (bicyclic) bond motifs is 21. The van der Waals surface area contributed by atoms with Crippen LogP contribution in [-0.4, -0.2) is 14.1 Å². The van der Waals surface area contributed by atoms with Crippen LogP contribution >= 0.6 is 0 Å². The second-order valence-corrected chi connectivity index (χ2v) is 28.0. The highest BCUT2D eigenvalue weighted by Crippen LogP contribution is 2.68. The lowest BCUT2D eigenvalue weighted by Gasteiger charge is -2.46. The molecule has 0 radical (unpaired) electrons. The topological polar surface area (TPSA) is 6.48 Å². The molecule has 2 heterocycles. The Hall–Kier alpha value is -12.6. The van der Waals surface area contributed by atoms with Gasteiger partial charge in [0.2, 0.25) is 0 Å². The van der Waals surface area contributed by atoms with E-state index in [4.69, 9.17) is 0 Å². The molecule has 0 fully saturated rings. The van der Waals surface area contributed by atoms with Crippen LogP contribution < -0.4 is 9.80 Å². The van der Waals surface area contributed by atoms with Crippen molar-refractivity contribution < 1.29 is 0 Å². The van der Waals surface area contributed by atoms with Gasteiger partial charge in [-0.25, -0.2) is 0 Å². The lowest BCUT2D eigenvalue weighted by atomic mass is 9.62. The molecular formula is C99H66N2. The zero-order chi connectivity index (χ0) is 66.7. The predicted molar refractivity (Wildman–Crippen MR) is 422 cm³/mol. The van der Waals surface area contributed by atoms with E-state index in [0.29, 0.717) is 0 Å². The van der Waals surface area contributed by atoms with Crippen LogP contribution in [0.25, 0.3) is 98.7 Å². The summed E-state index contributed by atoms with van der Waals surface area (Å²) >= 11 is 0. The molecule has 17 aromatic carbocycles. The van der Waals surface area contributed by atoms with Gasteiger partial charge in [-0.1, -0.05) is 346 Å². The molecule has 1 atom stereocenters. The predicted octanol–water partition coefficient (Wildman–Crippen LogP) is 24.6. The fourth-order valence-electron chi connectivity index (χ4n) is 19.9. The van der Waals surface area contributed by atoms with Crippen LogP contribution in [0.2, 0.25) is 0 Å². The van der Waals surface area contributed by atoms with Crippen molar-refractivity contribution in [2.75, 3.05) is 23.9 Å². The molecule has 0 saturated carbocycles. The van der Waals surface area contributed by atoms with Gasteiger partial charge < -0.3 is 9.80 Å². The van der Waals surface area contributed by atoms with Crippen molar-refractivity contribution in [3.05, 3.63) is 431 Å². The summed E-state index contributed by atoms with van der Waals surface area (Å²) in [6.45, 7) is 0. The van der Waals surface area contributed by atoms with Crippen molar-refractivity contribution in [2.24, 2.45) is 0 Å². The number of anilines is 4. The van der Waals surface area contributed by atoms with Gasteiger partial charge in [-0.3, -0.25) is 0 Å². The van der Waals surface area contributed by atoms with E-state index < -0.39 is 16.2 Å². The van der Waals surface area contributed by atoms with Gasteiger partial charge in [0.15, 0.2) is 0 Å². The molecule has 2 aliphatic carbocycles. The Morgan fingerprint density at radius 2 is 0.495 bits per heavy atom. The molecule has 0 bridgehead atoms. The van der Waals surface area contributed by atoms with Gasteiger partial charge in [-0.2, -0.15) is 0 Å². The van der Waals surface area contributed by atoms with Gasteiger partial charge in [0.25, 0.3) is 0 Å². The van der Waals surface area contributed by atoms with Crippen LogP contribution in [0.5, 0.6) is 0 Å². The molecule has 1 spiro atoms. The summed E-state index contributed by atoms with van der Waals surface area (Å²) in [6.07, 6.45) is 0. The number of nitrogens with zero attached hydrogens (tertiary/aromatic N) is 2. The molecule has 2 nitrogen and oxygen atoms in total. The quantitative estimate of drug-likeness (QED) is 0.116. The maximum Gasteiger partial charge on any atom is 0.0742 e. The maximum absolute atomic E-state index is 2.58. The summed E-state index contributed by atoms with van der Waals surface area (Å²) in [7, 11) is 4.57. The van der Waals surface area contributed by atoms with E-state index in [1.54, 1.807) is 0 Å². The van der Waals surface area contributed by atoms with Crippen LogP contribution in [0.3, 0.4) is 0 Å². The monoisotopic (exact) mass is 1280 g/mol. The van der Waals surface area contributed by atoms with Gasteiger partial charge in [0.1, 0.15) is 0 Å². The van der Waals surface area contributed by atoms with Gasteiger partial charge >= 0.3 is 0 Å². The molecule has 2 heteroatoms. The molecule has 0 aromatic heterocycles. The minimum absolute atomic E-state index is 0.643. The summed E-state index contributed by atoms with van der Waals surface area (Å²) in [4.78, 5) is 4.97. The number of benzene rings is 17. The molecule has 21 rings (SSSR count). The van der Waals surface area contributed by atoms with E-state index in [0.717, 1.165) is 0 Å². The molecule has 0 N–H and O–H groups in total. The zero-order valence-electron chi connectivity index (χ0n) is 56.0. The highest BCUT2D eigenvalue weighted by atomic mass is 15.1. The largest absolute Gasteiger partial charge is 0.344 e. The first-order chi connectivity index (χ1) is 50.0. The Labute approximate surface area is 588 Å². The van der Waals surface area contributed by atoms with E-state index in [1.165, 1.54) is 188 Å². The van der Waals surface area contributed by atoms with Crippen molar-refractivity contribution >= 4 is 65.8 Å². The van der Waals surface area contributed by atoms with Crippen molar-refractivity contribution in [1.29, 1.82) is 0 Å². The van der Waals surface area contributed by atoms with E-state index in [-0.39, 0.29) is 0 Å². The Morgan fingerprint density at radius 1 is 0.188 bits per heavy atom. The van der Waals surface area contributed by atoms with E-state index >= 15 is 0 Å². The lowest BCUT2D eigenvalue weighted by Crippen LogP contribution is -2.38. The Morgan fingerprint density at radius 3 is 0.970 bits per heavy atom. The Kier molecular flexibility index (Phi) is 12.3. The number of para-hydroxylation sites is 4. The lowest BCUT2D eigenvalue weighted by molar-refractivity contribution is 0.728. The average molecular weight is 1280 g/mol. The third-order valence-electron chi connectivity index (χ3n) is 23.6. The second kappa shape index (κ2) is 21.7. The number of hydrogen-bond donors (Lipinski definition) is 0. The number of hydrogen-bond acceptors (Lipinski definition) is 2. The Balaban J connectivity index is 0.902. The summed E-state index contributed by atoms with van der Waals surface area (Å²) in [5.74, 6) is 0. The summed E-state index contributed by atoms with van der Waals surface area (Å²) in [5, 5.41) is 9.91. The van der Waals surface area contributed by atoms with Crippen LogP contribution in [0.4, 0.5) is 22.7 Å². The maximum atomic E-state index is 2.58. The molecule has 472 valence electrons. The smallest absolute Gasteiger partial charge is 0.0742 e. The fraction of sp³-hybridized carbons (Fsp3) is 0.0505.